The Morgan fingerprint density at radius 3 is 2.91 bits per heavy atom. The average molecular weight is 299 g/mol. The van der Waals surface area contributed by atoms with Gasteiger partial charge in [0.1, 0.15) is 0 Å². The number of pyridine rings is 1. The molecule has 0 aliphatic rings. The van der Waals surface area contributed by atoms with Crippen molar-refractivity contribution in [2.75, 3.05) is 5.73 Å². The van der Waals surface area contributed by atoms with Crippen molar-refractivity contribution in [1.29, 1.82) is 0 Å². The van der Waals surface area contributed by atoms with Crippen LogP contribution in [-0.4, -0.2) is 42.4 Å². The zero-order valence-corrected chi connectivity index (χ0v) is 11.0. The maximum atomic E-state index is 11.9. The highest BCUT2D eigenvalue weighted by atomic mass is 16.6. The fraction of sp³-hybridized carbons (Fsp3) is 0. The van der Waals surface area contributed by atoms with E-state index >= 15 is 0 Å². The van der Waals surface area contributed by atoms with Crippen molar-refractivity contribution < 1.29 is 9.42 Å². The molecule has 0 aliphatic heterocycles. The molecule has 0 saturated heterocycles. The van der Waals surface area contributed by atoms with E-state index in [0.29, 0.717) is 0 Å². The third kappa shape index (κ3) is 2.77. The number of anilines is 1. The summed E-state index contributed by atoms with van der Waals surface area (Å²) in [7, 11) is 0. The second kappa shape index (κ2) is 5.78. The highest BCUT2D eigenvalue weighted by molar-refractivity contribution is 5.92. The highest BCUT2D eigenvalue weighted by Crippen LogP contribution is 2.09. The Morgan fingerprint density at radius 1 is 1.36 bits per heavy atom. The van der Waals surface area contributed by atoms with Gasteiger partial charge in [0.2, 0.25) is 11.6 Å². The molecule has 3 N–H and O–H groups in total. The van der Waals surface area contributed by atoms with Crippen LogP contribution in [-0.2, 0) is 0 Å². The molecule has 0 unspecified atom stereocenters. The summed E-state index contributed by atoms with van der Waals surface area (Å²) in [6.07, 6.45) is 6.03. The van der Waals surface area contributed by atoms with Crippen LogP contribution in [0.2, 0.25) is 0 Å². The first-order chi connectivity index (χ1) is 10.7. The smallest absolute Gasteiger partial charge is 0.293 e. The number of hydrogen-bond donors (Lipinski definition) is 2. The molecule has 3 aromatic rings. The number of nitrogen functional groups attached to an aromatic ring is 1. The van der Waals surface area contributed by atoms with Gasteiger partial charge >= 0.3 is 0 Å². The molecular formula is C11H9N9O2. The lowest BCUT2D eigenvalue weighted by molar-refractivity contribution is 0.0950. The van der Waals surface area contributed by atoms with Gasteiger partial charge in [-0.15, -0.1) is 5.10 Å². The van der Waals surface area contributed by atoms with Gasteiger partial charge in [-0.05, 0) is 28.0 Å². The zero-order valence-electron chi connectivity index (χ0n) is 11.0. The van der Waals surface area contributed by atoms with E-state index < -0.39 is 5.91 Å². The fourth-order valence-corrected chi connectivity index (χ4v) is 1.49. The molecule has 3 aromatic heterocycles. The molecule has 0 aromatic carbocycles. The molecule has 0 fully saturated rings. The summed E-state index contributed by atoms with van der Waals surface area (Å²) in [6.45, 7) is 0. The zero-order chi connectivity index (χ0) is 15.4. The summed E-state index contributed by atoms with van der Waals surface area (Å²) in [5.41, 5.74) is 8.67. The third-order valence-corrected chi connectivity index (χ3v) is 2.52. The highest BCUT2D eigenvalue weighted by Gasteiger charge is 2.15. The van der Waals surface area contributed by atoms with Gasteiger partial charge < -0.3 is 5.73 Å². The minimum Gasteiger partial charge on any atom is -0.378 e. The summed E-state index contributed by atoms with van der Waals surface area (Å²) >= 11 is 0. The van der Waals surface area contributed by atoms with Crippen molar-refractivity contribution in [3.63, 3.8) is 0 Å². The molecule has 11 heteroatoms. The maximum absolute atomic E-state index is 11.9. The van der Waals surface area contributed by atoms with Crippen molar-refractivity contribution in [2.24, 2.45) is 5.10 Å². The number of amides is 1. The van der Waals surface area contributed by atoms with Crippen molar-refractivity contribution in [3.8, 4) is 5.82 Å². The Kier molecular flexibility index (Phi) is 3.51. The fourth-order valence-electron chi connectivity index (χ4n) is 1.49. The van der Waals surface area contributed by atoms with Crippen LogP contribution in [0, 0.1) is 0 Å². The summed E-state index contributed by atoms with van der Waals surface area (Å²) < 4.78 is 5.61. The van der Waals surface area contributed by atoms with Gasteiger partial charge in [-0.25, -0.2) is 10.1 Å². The van der Waals surface area contributed by atoms with Crippen LogP contribution >= 0.6 is 0 Å². The monoisotopic (exact) mass is 299 g/mol. The van der Waals surface area contributed by atoms with Gasteiger partial charge in [0, 0.05) is 12.4 Å². The van der Waals surface area contributed by atoms with E-state index in [1.54, 1.807) is 24.5 Å². The van der Waals surface area contributed by atoms with Crippen molar-refractivity contribution in [2.45, 2.75) is 0 Å². The van der Waals surface area contributed by atoms with Crippen LogP contribution in [0.25, 0.3) is 5.82 Å². The summed E-state index contributed by atoms with van der Waals surface area (Å²) in [5, 5.41) is 18.2. The molecular weight excluding hydrogens is 290 g/mol. The van der Waals surface area contributed by atoms with Gasteiger partial charge in [-0.3, -0.25) is 9.78 Å². The van der Waals surface area contributed by atoms with E-state index in [1.807, 2.05) is 0 Å². The summed E-state index contributed by atoms with van der Waals surface area (Å²) in [4.78, 5) is 15.7. The van der Waals surface area contributed by atoms with E-state index in [9.17, 15) is 4.79 Å². The number of nitrogens with two attached hydrogens (primary N) is 1. The number of nitrogens with one attached hydrogen (secondary N) is 1. The quantitative estimate of drug-likeness (QED) is 0.478. The van der Waals surface area contributed by atoms with Crippen LogP contribution in [0.1, 0.15) is 16.1 Å². The van der Waals surface area contributed by atoms with E-state index in [1.165, 1.54) is 17.1 Å². The molecule has 0 bridgehead atoms. The number of aromatic nitrogens is 6. The lowest BCUT2D eigenvalue weighted by Gasteiger charge is -1.94. The Balaban J connectivity index is 1.67. The van der Waals surface area contributed by atoms with Crippen LogP contribution in [0.15, 0.2) is 40.5 Å². The molecule has 0 saturated carbocycles. The molecule has 3 rings (SSSR count). The standard InChI is InChI=1S/C11H9N9O2/c12-9-10(18-22-17-9)20-6-8(15-19-20)11(21)16-14-5-7-1-3-13-4-2-7/h1-6H,(H2,12,17)(H,16,21). The topological polar surface area (TPSA) is 150 Å². The molecule has 0 radical (unpaired) electrons. The number of nitrogens with zero attached hydrogens (tertiary/aromatic N) is 7. The van der Waals surface area contributed by atoms with E-state index in [-0.39, 0.29) is 17.3 Å². The number of hydrazone groups is 1. The second-order valence-electron chi connectivity index (χ2n) is 4.00. The normalized spacial score (nSPS) is 10.9. The molecule has 0 aliphatic carbocycles. The van der Waals surface area contributed by atoms with E-state index in [4.69, 9.17) is 5.73 Å². The largest absolute Gasteiger partial charge is 0.378 e. The van der Waals surface area contributed by atoms with Crippen LogP contribution < -0.4 is 11.2 Å². The predicted molar refractivity (Wildman–Crippen MR) is 72.9 cm³/mol. The number of rotatable bonds is 4. The lowest BCUT2D eigenvalue weighted by atomic mass is 10.3. The molecule has 11 nitrogen and oxygen atoms in total. The molecule has 0 atom stereocenters. The predicted octanol–water partition coefficient (Wildman–Crippen LogP) is -0.609. The van der Waals surface area contributed by atoms with Crippen LogP contribution in [0.5, 0.6) is 0 Å². The summed E-state index contributed by atoms with van der Waals surface area (Å²) in [5.74, 6) is -0.356. The molecule has 110 valence electrons. The minimum absolute atomic E-state index is 0.0348. The SMILES string of the molecule is Nc1nonc1-n1cc(C(=O)NN=Cc2ccncc2)nn1. The molecule has 1 amide bonds. The average Bonchev–Trinajstić information content (AvgIpc) is 3.17. The first kappa shape index (κ1) is 13.4. The third-order valence-electron chi connectivity index (χ3n) is 2.52. The maximum Gasteiger partial charge on any atom is 0.293 e. The second-order valence-corrected chi connectivity index (χ2v) is 4.00. The Morgan fingerprint density at radius 2 is 2.18 bits per heavy atom. The van der Waals surface area contributed by atoms with Crippen molar-refractivity contribution >= 4 is 17.9 Å². The van der Waals surface area contributed by atoms with Crippen molar-refractivity contribution in [1.82, 2.24) is 35.7 Å². The Labute approximate surface area is 122 Å². The van der Waals surface area contributed by atoms with E-state index in [0.717, 1.165) is 5.56 Å². The van der Waals surface area contributed by atoms with Gasteiger partial charge in [-0.1, -0.05) is 5.21 Å². The van der Waals surface area contributed by atoms with Crippen molar-refractivity contribution in [3.05, 3.63) is 42.0 Å². The summed E-state index contributed by atoms with van der Waals surface area (Å²) in [6, 6.07) is 3.48. The Bertz CT molecular complexity index is 808. The molecule has 3 heterocycles. The molecule has 22 heavy (non-hydrogen) atoms. The van der Waals surface area contributed by atoms with Gasteiger partial charge in [-0.2, -0.15) is 9.78 Å². The van der Waals surface area contributed by atoms with E-state index in [2.05, 4.69) is 40.8 Å². The minimum atomic E-state index is -0.536. The number of carbonyl (C=O) groups is 1. The first-order valence-corrected chi connectivity index (χ1v) is 5.98. The number of hydrogen-bond acceptors (Lipinski definition) is 9. The van der Waals surface area contributed by atoms with Gasteiger partial charge in [0.05, 0.1) is 12.4 Å². The molecule has 0 spiro atoms. The Hall–Kier alpha value is -3.63. The van der Waals surface area contributed by atoms with Gasteiger partial charge in [0.15, 0.2) is 5.69 Å². The number of carbonyl (C=O) groups excluding carboxylic acids is 1. The first-order valence-electron chi connectivity index (χ1n) is 5.98. The van der Waals surface area contributed by atoms with Crippen LogP contribution in [0.4, 0.5) is 5.82 Å². The van der Waals surface area contributed by atoms with Crippen LogP contribution in [0.3, 0.4) is 0 Å². The van der Waals surface area contributed by atoms with Gasteiger partial charge in [0.25, 0.3) is 5.91 Å². The lowest BCUT2D eigenvalue weighted by Crippen LogP contribution is -2.18.